The Kier molecular flexibility index (Phi) is 2.49. The molecule has 0 aromatic rings. The van der Waals surface area contributed by atoms with Crippen molar-refractivity contribution < 1.29 is 19.0 Å². The summed E-state index contributed by atoms with van der Waals surface area (Å²) >= 11 is 0. The van der Waals surface area contributed by atoms with Crippen molar-refractivity contribution in [2.45, 2.75) is 63.4 Å². The predicted molar refractivity (Wildman–Crippen MR) is 60.3 cm³/mol. The molecule has 3 fully saturated rings. The lowest BCUT2D eigenvalue weighted by Gasteiger charge is -2.36. The van der Waals surface area contributed by atoms with Crippen molar-refractivity contribution in [1.29, 1.82) is 0 Å². The highest BCUT2D eigenvalue weighted by Gasteiger charge is 2.64. The fourth-order valence-corrected chi connectivity index (χ4v) is 3.54. The van der Waals surface area contributed by atoms with E-state index in [0.29, 0.717) is 12.5 Å². The van der Waals surface area contributed by atoms with E-state index in [2.05, 4.69) is 0 Å². The van der Waals surface area contributed by atoms with Gasteiger partial charge in [-0.1, -0.05) is 19.3 Å². The minimum Gasteiger partial charge on any atom is -0.460 e. The molecule has 0 aromatic carbocycles. The molecule has 1 saturated carbocycles. The third kappa shape index (κ3) is 1.69. The van der Waals surface area contributed by atoms with Crippen LogP contribution in [0.25, 0.3) is 0 Å². The molecular weight excluding hydrogens is 220 g/mol. The highest BCUT2D eigenvalue weighted by Crippen LogP contribution is 2.49. The first-order chi connectivity index (χ1) is 8.04. The minimum absolute atomic E-state index is 0.249. The number of carbonyl (C=O) groups is 1. The standard InChI is InChI=1S/C13H20O4/c1-12(2)16-10-11(14)15-8-13(10,17-12)9-6-4-3-5-7-9/h9-10H,3-8H2,1-2H3/t10-,13-/m1/s1. The Bertz CT molecular complexity index is 332. The van der Waals surface area contributed by atoms with Gasteiger partial charge in [0, 0.05) is 0 Å². The largest absolute Gasteiger partial charge is 0.460 e. The molecular formula is C13H20O4. The van der Waals surface area contributed by atoms with Gasteiger partial charge in [-0.15, -0.1) is 0 Å². The number of carbonyl (C=O) groups excluding carboxylic acids is 1. The summed E-state index contributed by atoms with van der Waals surface area (Å²) in [5.41, 5.74) is -0.513. The molecule has 4 heteroatoms. The molecule has 2 atom stereocenters. The van der Waals surface area contributed by atoms with E-state index in [4.69, 9.17) is 14.2 Å². The summed E-state index contributed by atoms with van der Waals surface area (Å²) in [6, 6.07) is 0. The first kappa shape index (κ1) is 11.5. The van der Waals surface area contributed by atoms with Gasteiger partial charge in [-0.05, 0) is 32.6 Å². The number of hydrogen-bond acceptors (Lipinski definition) is 4. The zero-order valence-electron chi connectivity index (χ0n) is 10.5. The van der Waals surface area contributed by atoms with Crippen molar-refractivity contribution in [2.24, 2.45) is 5.92 Å². The molecule has 3 rings (SSSR count). The summed E-state index contributed by atoms with van der Waals surface area (Å²) in [5.74, 6) is -0.516. The Hall–Kier alpha value is -0.610. The number of cyclic esters (lactones) is 1. The Labute approximate surface area is 102 Å². The van der Waals surface area contributed by atoms with Crippen molar-refractivity contribution in [3.63, 3.8) is 0 Å². The second-order valence-corrected chi connectivity index (χ2v) is 5.90. The predicted octanol–water partition coefficient (Wildman–Crippen LogP) is 2.01. The second-order valence-electron chi connectivity index (χ2n) is 5.90. The molecule has 2 heterocycles. The molecule has 1 aliphatic carbocycles. The number of hydrogen-bond donors (Lipinski definition) is 0. The lowest BCUT2D eigenvalue weighted by Crippen LogP contribution is -2.48. The minimum atomic E-state index is -0.665. The fourth-order valence-electron chi connectivity index (χ4n) is 3.54. The van der Waals surface area contributed by atoms with E-state index in [1.807, 2.05) is 13.8 Å². The van der Waals surface area contributed by atoms with Gasteiger partial charge in [0.05, 0.1) is 0 Å². The van der Waals surface area contributed by atoms with Crippen LogP contribution in [0.15, 0.2) is 0 Å². The van der Waals surface area contributed by atoms with Crippen molar-refractivity contribution in [3.05, 3.63) is 0 Å². The highest BCUT2D eigenvalue weighted by molar-refractivity contribution is 5.79. The van der Waals surface area contributed by atoms with Crippen LogP contribution >= 0.6 is 0 Å². The Morgan fingerprint density at radius 1 is 1.18 bits per heavy atom. The van der Waals surface area contributed by atoms with Crippen LogP contribution in [-0.2, 0) is 19.0 Å². The summed E-state index contributed by atoms with van der Waals surface area (Å²) in [6.07, 6.45) is 5.45. The van der Waals surface area contributed by atoms with Crippen LogP contribution in [0.4, 0.5) is 0 Å². The zero-order chi connectivity index (χ0) is 12.1. The van der Waals surface area contributed by atoms with Crippen LogP contribution in [-0.4, -0.2) is 30.1 Å². The normalized spacial score (nSPS) is 41.3. The molecule has 0 spiro atoms. The molecule has 0 N–H and O–H groups in total. The maximum Gasteiger partial charge on any atom is 0.338 e. The van der Waals surface area contributed by atoms with E-state index in [9.17, 15) is 4.79 Å². The van der Waals surface area contributed by atoms with Gasteiger partial charge in [-0.3, -0.25) is 0 Å². The molecule has 2 aliphatic heterocycles. The number of ether oxygens (including phenoxy) is 3. The van der Waals surface area contributed by atoms with Crippen LogP contribution < -0.4 is 0 Å². The van der Waals surface area contributed by atoms with E-state index in [1.54, 1.807) is 0 Å². The SMILES string of the molecule is CC1(C)O[C@@H]2C(=O)OC[C@]2(C2CCCCC2)O1. The van der Waals surface area contributed by atoms with Gasteiger partial charge in [0.2, 0.25) is 0 Å². The van der Waals surface area contributed by atoms with Crippen LogP contribution in [0.2, 0.25) is 0 Å². The smallest absolute Gasteiger partial charge is 0.338 e. The molecule has 4 nitrogen and oxygen atoms in total. The molecule has 0 bridgehead atoms. The van der Waals surface area contributed by atoms with E-state index >= 15 is 0 Å². The van der Waals surface area contributed by atoms with Gasteiger partial charge in [0.15, 0.2) is 11.9 Å². The molecule has 96 valence electrons. The Morgan fingerprint density at radius 2 is 1.88 bits per heavy atom. The van der Waals surface area contributed by atoms with Crippen LogP contribution in [0, 0.1) is 5.92 Å². The van der Waals surface area contributed by atoms with E-state index < -0.39 is 17.5 Å². The average Bonchev–Trinajstić information content (AvgIpc) is 2.75. The van der Waals surface area contributed by atoms with E-state index in [-0.39, 0.29) is 5.97 Å². The summed E-state index contributed by atoms with van der Waals surface area (Å²) < 4.78 is 17.0. The zero-order valence-corrected chi connectivity index (χ0v) is 10.5. The third-order valence-electron chi connectivity index (χ3n) is 4.23. The van der Waals surface area contributed by atoms with Crippen molar-refractivity contribution >= 4 is 5.97 Å². The molecule has 3 aliphatic rings. The summed E-state index contributed by atoms with van der Waals surface area (Å²) in [5, 5.41) is 0. The molecule has 0 radical (unpaired) electrons. The molecule has 0 amide bonds. The third-order valence-corrected chi connectivity index (χ3v) is 4.23. The van der Waals surface area contributed by atoms with Crippen LogP contribution in [0.1, 0.15) is 46.0 Å². The van der Waals surface area contributed by atoms with E-state index in [0.717, 1.165) is 12.8 Å². The number of fused-ring (bicyclic) bond motifs is 1. The number of esters is 1. The monoisotopic (exact) mass is 240 g/mol. The van der Waals surface area contributed by atoms with Crippen LogP contribution in [0.5, 0.6) is 0 Å². The van der Waals surface area contributed by atoms with E-state index in [1.165, 1.54) is 19.3 Å². The molecule has 0 unspecified atom stereocenters. The molecule has 2 saturated heterocycles. The van der Waals surface area contributed by atoms with Crippen LogP contribution in [0.3, 0.4) is 0 Å². The average molecular weight is 240 g/mol. The lowest BCUT2D eigenvalue weighted by atomic mass is 9.75. The van der Waals surface area contributed by atoms with Crippen molar-refractivity contribution in [2.75, 3.05) is 6.61 Å². The maximum atomic E-state index is 11.8. The Morgan fingerprint density at radius 3 is 2.59 bits per heavy atom. The molecule has 17 heavy (non-hydrogen) atoms. The first-order valence-electron chi connectivity index (χ1n) is 6.58. The fraction of sp³-hybridized carbons (Fsp3) is 0.923. The summed E-state index contributed by atoms with van der Waals surface area (Å²) in [7, 11) is 0. The molecule has 0 aromatic heterocycles. The van der Waals surface area contributed by atoms with Gasteiger partial charge in [0.1, 0.15) is 12.2 Å². The van der Waals surface area contributed by atoms with Gasteiger partial charge >= 0.3 is 5.97 Å². The van der Waals surface area contributed by atoms with Gasteiger partial charge in [-0.2, -0.15) is 0 Å². The quantitative estimate of drug-likeness (QED) is 0.658. The van der Waals surface area contributed by atoms with Crippen molar-refractivity contribution in [3.8, 4) is 0 Å². The second kappa shape index (κ2) is 3.69. The lowest BCUT2D eigenvalue weighted by molar-refractivity contribution is -0.197. The topological polar surface area (TPSA) is 44.8 Å². The Balaban J connectivity index is 1.89. The van der Waals surface area contributed by atoms with Crippen molar-refractivity contribution in [1.82, 2.24) is 0 Å². The van der Waals surface area contributed by atoms with Gasteiger partial charge in [-0.25, -0.2) is 4.79 Å². The first-order valence-corrected chi connectivity index (χ1v) is 6.58. The van der Waals surface area contributed by atoms with Gasteiger partial charge < -0.3 is 14.2 Å². The van der Waals surface area contributed by atoms with Gasteiger partial charge in [0.25, 0.3) is 0 Å². The summed E-state index contributed by atoms with van der Waals surface area (Å²) in [4.78, 5) is 11.8. The maximum absolute atomic E-state index is 11.8. The summed E-state index contributed by atoms with van der Waals surface area (Å²) in [6.45, 7) is 4.12. The number of rotatable bonds is 1. The highest BCUT2D eigenvalue weighted by atomic mass is 16.8.